The summed E-state index contributed by atoms with van der Waals surface area (Å²) in [5, 5.41) is 3.06. The Morgan fingerprint density at radius 1 is 0.750 bits per heavy atom. The molecule has 0 spiro atoms. The van der Waals surface area contributed by atoms with E-state index in [1.807, 2.05) is 93.6 Å². The number of carbonyl (C=O) groups is 2. The summed E-state index contributed by atoms with van der Waals surface area (Å²) in [6.45, 7) is 5.22. The number of carbonyl (C=O) groups excluding carboxylic acids is 2. The smallest absolute Gasteiger partial charge is 0.264 e. The zero-order valence-corrected chi connectivity index (χ0v) is 30.8. The lowest BCUT2D eigenvalue weighted by Gasteiger charge is -2.34. The minimum Gasteiger partial charge on any atom is -0.497 e. The molecule has 0 unspecified atom stereocenters. The van der Waals surface area contributed by atoms with Crippen molar-refractivity contribution in [2.45, 2.75) is 57.1 Å². The Kier molecular flexibility index (Phi) is 12.7. The highest BCUT2D eigenvalue weighted by Crippen LogP contribution is 2.29. The number of amides is 2. The minimum atomic E-state index is -4.26. The molecule has 5 aromatic rings. The van der Waals surface area contributed by atoms with Gasteiger partial charge in [-0.15, -0.1) is 0 Å². The molecule has 2 amide bonds. The van der Waals surface area contributed by atoms with Crippen LogP contribution in [-0.4, -0.2) is 50.9 Å². The van der Waals surface area contributed by atoms with Gasteiger partial charge in [-0.25, -0.2) is 8.42 Å². The van der Waals surface area contributed by atoms with Gasteiger partial charge in [0.05, 0.1) is 17.7 Å². The van der Waals surface area contributed by atoms with E-state index in [4.69, 9.17) is 9.47 Å². The zero-order chi connectivity index (χ0) is 37.1. The maximum atomic E-state index is 14.8. The average Bonchev–Trinajstić information content (AvgIpc) is 3.16. The highest BCUT2D eigenvalue weighted by molar-refractivity contribution is 7.92. The third-order valence-corrected chi connectivity index (χ3v) is 10.5. The van der Waals surface area contributed by atoms with Crippen molar-refractivity contribution < 1.29 is 27.5 Å². The van der Waals surface area contributed by atoms with Crippen LogP contribution in [0.25, 0.3) is 0 Å². The molecule has 5 aromatic carbocycles. The number of hydrogen-bond acceptors (Lipinski definition) is 6. The highest BCUT2D eigenvalue weighted by atomic mass is 32.2. The van der Waals surface area contributed by atoms with E-state index >= 15 is 0 Å². The number of nitrogens with one attached hydrogen (secondary N) is 1. The highest BCUT2D eigenvalue weighted by Gasteiger charge is 2.35. The molecule has 0 bridgehead atoms. The first-order valence-electron chi connectivity index (χ1n) is 17.3. The second-order valence-corrected chi connectivity index (χ2v) is 14.5. The second kappa shape index (κ2) is 17.5. The summed E-state index contributed by atoms with van der Waals surface area (Å²) >= 11 is 0. The summed E-state index contributed by atoms with van der Waals surface area (Å²) in [5.74, 6) is 0.837. The third-order valence-electron chi connectivity index (χ3n) is 8.75. The first-order valence-corrected chi connectivity index (χ1v) is 18.7. The number of anilines is 1. The molecule has 5 rings (SSSR count). The zero-order valence-electron chi connectivity index (χ0n) is 29.9. The maximum Gasteiger partial charge on any atom is 0.264 e. The van der Waals surface area contributed by atoms with Gasteiger partial charge in [-0.3, -0.25) is 13.9 Å². The van der Waals surface area contributed by atoms with Crippen molar-refractivity contribution in [2.75, 3.05) is 18.0 Å². The van der Waals surface area contributed by atoms with Crippen LogP contribution in [0.1, 0.15) is 37.0 Å². The van der Waals surface area contributed by atoms with E-state index < -0.39 is 28.5 Å². The minimum absolute atomic E-state index is 0.0315. The normalized spacial score (nSPS) is 12.3. The molecule has 0 saturated heterocycles. The standard InChI is InChI=1S/C42H45N3O6S/c1-5-32(3)43-42(47)40(28-33-13-8-6-9-14-33)44(29-34-15-12-18-38(27-34)50-4)41(46)30-45(52(48,49)39-25-19-31(2)20-26-39)35-21-23-37(24-22-35)51-36-16-10-7-11-17-36/h6-27,32,40H,5,28-30H2,1-4H3,(H,43,47)/t32-,40-/m0/s1. The van der Waals surface area contributed by atoms with Crippen molar-refractivity contribution in [1.29, 1.82) is 0 Å². The van der Waals surface area contributed by atoms with Crippen LogP contribution in [0.3, 0.4) is 0 Å². The van der Waals surface area contributed by atoms with Gasteiger partial charge in [0.25, 0.3) is 10.0 Å². The van der Waals surface area contributed by atoms with Crippen molar-refractivity contribution in [3.8, 4) is 17.2 Å². The number of sulfonamides is 1. The molecule has 2 atom stereocenters. The van der Waals surface area contributed by atoms with Crippen LogP contribution >= 0.6 is 0 Å². The van der Waals surface area contributed by atoms with Crippen molar-refractivity contribution in [3.05, 3.63) is 150 Å². The summed E-state index contributed by atoms with van der Waals surface area (Å²) in [6, 6.07) is 37.9. The molecule has 270 valence electrons. The molecule has 52 heavy (non-hydrogen) atoms. The van der Waals surface area contributed by atoms with Crippen molar-refractivity contribution in [2.24, 2.45) is 0 Å². The van der Waals surface area contributed by atoms with Gasteiger partial charge >= 0.3 is 0 Å². The lowest BCUT2D eigenvalue weighted by molar-refractivity contribution is -0.140. The Bertz CT molecular complexity index is 2020. The van der Waals surface area contributed by atoms with Gasteiger partial charge in [-0.1, -0.05) is 85.3 Å². The lowest BCUT2D eigenvalue weighted by Crippen LogP contribution is -2.54. The predicted octanol–water partition coefficient (Wildman–Crippen LogP) is 7.55. The molecule has 0 aliphatic carbocycles. The van der Waals surface area contributed by atoms with E-state index in [2.05, 4.69) is 5.32 Å². The number of hydrogen-bond donors (Lipinski definition) is 1. The van der Waals surface area contributed by atoms with E-state index in [0.29, 0.717) is 23.7 Å². The van der Waals surface area contributed by atoms with Crippen molar-refractivity contribution >= 4 is 27.5 Å². The van der Waals surface area contributed by atoms with Crippen LogP contribution in [0.4, 0.5) is 5.69 Å². The molecule has 9 nitrogen and oxygen atoms in total. The molecule has 0 fully saturated rings. The number of ether oxygens (including phenoxy) is 2. The molecule has 0 aliphatic rings. The number of para-hydroxylation sites is 1. The van der Waals surface area contributed by atoms with E-state index in [1.54, 1.807) is 55.6 Å². The van der Waals surface area contributed by atoms with E-state index in [-0.39, 0.29) is 35.5 Å². The van der Waals surface area contributed by atoms with E-state index in [1.165, 1.54) is 17.0 Å². The number of rotatable bonds is 16. The fourth-order valence-electron chi connectivity index (χ4n) is 5.63. The molecular weight excluding hydrogens is 675 g/mol. The average molecular weight is 720 g/mol. The molecule has 0 heterocycles. The lowest BCUT2D eigenvalue weighted by atomic mass is 10.0. The van der Waals surface area contributed by atoms with Crippen molar-refractivity contribution in [1.82, 2.24) is 10.2 Å². The Hall–Kier alpha value is -5.61. The van der Waals surface area contributed by atoms with Gasteiger partial charge in [0.1, 0.15) is 29.8 Å². The number of methoxy groups -OCH3 is 1. The molecule has 0 aliphatic heterocycles. The van der Waals surface area contributed by atoms with E-state index in [9.17, 15) is 18.0 Å². The van der Waals surface area contributed by atoms with Gasteiger partial charge in [-0.2, -0.15) is 0 Å². The summed E-state index contributed by atoms with van der Waals surface area (Å²) in [7, 11) is -2.70. The number of aryl methyl sites for hydroxylation is 1. The van der Waals surface area contributed by atoms with Crippen LogP contribution in [-0.2, 0) is 32.6 Å². The summed E-state index contributed by atoms with van der Waals surface area (Å²) in [4.78, 5) is 30.4. The quantitative estimate of drug-likeness (QED) is 0.113. The number of nitrogens with zero attached hydrogens (tertiary/aromatic N) is 2. The molecular formula is C42H45N3O6S. The number of benzene rings is 5. The fourth-order valence-corrected chi connectivity index (χ4v) is 7.05. The molecule has 0 radical (unpaired) electrons. The predicted molar refractivity (Wildman–Crippen MR) is 204 cm³/mol. The summed E-state index contributed by atoms with van der Waals surface area (Å²) < 4.78 is 41.4. The maximum absolute atomic E-state index is 14.8. The first-order chi connectivity index (χ1) is 25.1. The van der Waals surface area contributed by atoms with Gasteiger partial charge in [0.2, 0.25) is 11.8 Å². The van der Waals surface area contributed by atoms with Crippen LogP contribution in [0.2, 0.25) is 0 Å². The Labute approximate surface area is 306 Å². The van der Waals surface area contributed by atoms with E-state index in [0.717, 1.165) is 21.0 Å². The van der Waals surface area contributed by atoms with Crippen LogP contribution in [0.5, 0.6) is 17.2 Å². The monoisotopic (exact) mass is 719 g/mol. The Balaban J connectivity index is 1.57. The molecule has 1 N–H and O–H groups in total. The second-order valence-electron chi connectivity index (χ2n) is 12.6. The van der Waals surface area contributed by atoms with Crippen molar-refractivity contribution in [3.63, 3.8) is 0 Å². The van der Waals surface area contributed by atoms with Gasteiger partial charge in [0, 0.05) is 19.0 Å². The van der Waals surface area contributed by atoms with Gasteiger partial charge in [-0.05, 0) is 92.1 Å². The summed E-state index contributed by atoms with van der Waals surface area (Å²) in [5.41, 5.74) is 2.73. The topological polar surface area (TPSA) is 105 Å². The molecule has 0 aromatic heterocycles. The van der Waals surface area contributed by atoms with Crippen LogP contribution in [0.15, 0.2) is 138 Å². The fraction of sp³-hybridized carbons (Fsp3) is 0.238. The largest absolute Gasteiger partial charge is 0.497 e. The Morgan fingerprint density at radius 2 is 1.35 bits per heavy atom. The first kappa shape index (κ1) is 37.6. The molecule has 0 saturated carbocycles. The van der Waals surface area contributed by atoms with Gasteiger partial charge < -0.3 is 19.7 Å². The van der Waals surface area contributed by atoms with Gasteiger partial charge in [0.15, 0.2) is 0 Å². The SMILES string of the molecule is CC[C@H](C)NC(=O)[C@H](Cc1ccccc1)N(Cc1cccc(OC)c1)C(=O)CN(c1ccc(Oc2ccccc2)cc1)S(=O)(=O)c1ccc(C)cc1. The van der Waals surface area contributed by atoms with Crippen LogP contribution < -0.4 is 19.1 Å². The van der Waals surface area contributed by atoms with Crippen LogP contribution in [0, 0.1) is 6.92 Å². The summed E-state index contributed by atoms with van der Waals surface area (Å²) in [6.07, 6.45) is 0.912. The Morgan fingerprint density at radius 3 is 1.98 bits per heavy atom. The third kappa shape index (κ3) is 9.79. The molecule has 10 heteroatoms.